The molecule has 0 bridgehead atoms. The minimum absolute atomic E-state index is 0.0603. The van der Waals surface area contributed by atoms with Crippen molar-refractivity contribution in [2.75, 3.05) is 11.9 Å². The minimum Gasteiger partial charge on any atom is -0.352 e. The number of halogens is 2. The summed E-state index contributed by atoms with van der Waals surface area (Å²) in [6.07, 6.45) is 1.97. The number of rotatable bonds is 3. The van der Waals surface area contributed by atoms with Crippen LogP contribution in [0.1, 0.15) is 27.2 Å². The van der Waals surface area contributed by atoms with Crippen molar-refractivity contribution in [2.45, 2.75) is 32.7 Å². The van der Waals surface area contributed by atoms with Crippen molar-refractivity contribution in [3.8, 4) is 0 Å². The van der Waals surface area contributed by atoms with Gasteiger partial charge in [0.25, 0.3) is 0 Å². The third kappa shape index (κ3) is 2.56. The Morgan fingerprint density at radius 2 is 2.13 bits per heavy atom. The van der Waals surface area contributed by atoms with Gasteiger partial charge in [0.05, 0.1) is 6.20 Å². The second-order valence-electron chi connectivity index (χ2n) is 4.04. The largest absolute Gasteiger partial charge is 0.352 e. The average molecular weight is 232 g/mol. The van der Waals surface area contributed by atoms with Gasteiger partial charge in [-0.1, -0.05) is 6.92 Å². The van der Waals surface area contributed by atoms with Crippen molar-refractivity contribution in [1.82, 2.24) is 9.97 Å². The van der Waals surface area contributed by atoms with Crippen LogP contribution in [0, 0.1) is 5.82 Å². The second kappa shape index (κ2) is 4.31. The van der Waals surface area contributed by atoms with E-state index in [0.717, 1.165) is 12.6 Å². The smallest absolute Gasteiger partial charge is 0.224 e. The topological polar surface area (TPSA) is 29.0 Å². The summed E-state index contributed by atoms with van der Waals surface area (Å²) in [5.41, 5.74) is -0.168. The number of anilines is 1. The lowest BCUT2D eigenvalue weighted by molar-refractivity contribution is 0.457. The average Bonchev–Trinajstić information content (AvgIpc) is 2.20. The Labute approximate surface area is 94.3 Å². The van der Waals surface area contributed by atoms with E-state index in [9.17, 15) is 4.39 Å². The van der Waals surface area contributed by atoms with Crippen LogP contribution in [0.2, 0.25) is 5.28 Å². The van der Waals surface area contributed by atoms with Gasteiger partial charge in [-0.25, -0.2) is 9.37 Å². The first-order chi connectivity index (χ1) is 6.88. The van der Waals surface area contributed by atoms with E-state index in [4.69, 9.17) is 11.6 Å². The summed E-state index contributed by atoms with van der Waals surface area (Å²) >= 11 is 5.64. The summed E-state index contributed by atoms with van der Waals surface area (Å²) < 4.78 is 13.5. The van der Waals surface area contributed by atoms with Crippen LogP contribution in [0.25, 0.3) is 0 Å². The van der Waals surface area contributed by atoms with Gasteiger partial charge < -0.3 is 4.90 Å². The van der Waals surface area contributed by atoms with Crippen LogP contribution in [0.5, 0.6) is 0 Å². The van der Waals surface area contributed by atoms with Crippen molar-refractivity contribution in [1.29, 1.82) is 0 Å². The molecule has 0 aliphatic carbocycles. The SMILES string of the molecule is CCC(C)(C)N(C)c1nc(Cl)ncc1F. The molecule has 0 aliphatic heterocycles. The Morgan fingerprint density at radius 3 is 2.67 bits per heavy atom. The predicted octanol–water partition coefficient (Wildman–Crippen LogP) is 2.89. The highest BCUT2D eigenvalue weighted by Crippen LogP contribution is 2.25. The van der Waals surface area contributed by atoms with E-state index in [-0.39, 0.29) is 16.6 Å². The molecule has 0 fully saturated rings. The Balaban J connectivity index is 3.10. The highest BCUT2D eigenvalue weighted by atomic mass is 35.5. The molecule has 5 heteroatoms. The molecule has 0 N–H and O–H groups in total. The van der Waals surface area contributed by atoms with E-state index in [1.54, 1.807) is 11.9 Å². The molecule has 0 atom stereocenters. The van der Waals surface area contributed by atoms with Gasteiger partial charge in [-0.05, 0) is 31.9 Å². The van der Waals surface area contributed by atoms with Gasteiger partial charge in [0.1, 0.15) is 0 Å². The van der Waals surface area contributed by atoms with Gasteiger partial charge in [-0.15, -0.1) is 0 Å². The number of hydrogen-bond donors (Lipinski definition) is 0. The molecule has 0 aromatic carbocycles. The molecule has 0 amide bonds. The summed E-state index contributed by atoms with van der Waals surface area (Å²) in [5, 5.41) is 0.0603. The van der Waals surface area contributed by atoms with Crippen LogP contribution in [0.4, 0.5) is 10.2 Å². The molecule has 0 saturated heterocycles. The zero-order valence-electron chi connectivity index (χ0n) is 9.38. The lowest BCUT2D eigenvalue weighted by Gasteiger charge is -2.35. The molecular weight excluding hydrogens is 217 g/mol. The molecule has 1 heterocycles. The number of nitrogens with zero attached hydrogens (tertiary/aromatic N) is 3. The first-order valence-electron chi connectivity index (χ1n) is 4.80. The molecule has 3 nitrogen and oxygen atoms in total. The van der Waals surface area contributed by atoms with Crippen LogP contribution in [-0.2, 0) is 0 Å². The second-order valence-corrected chi connectivity index (χ2v) is 4.37. The maximum Gasteiger partial charge on any atom is 0.224 e. The van der Waals surface area contributed by atoms with Crippen LogP contribution < -0.4 is 4.90 Å². The summed E-state index contributed by atoms with van der Waals surface area (Å²) in [5.74, 6) is -0.217. The summed E-state index contributed by atoms with van der Waals surface area (Å²) in [6, 6.07) is 0. The van der Waals surface area contributed by atoms with Gasteiger partial charge in [0.2, 0.25) is 5.28 Å². The molecule has 0 aliphatic rings. The van der Waals surface area contributed by atoms with E-state index in [1.165, 1.54) is 0 Å². The molecule has 0 unspecified atom stereocenters. The molecule has 1 aromatic heterocycles. The Kier molecular flexibility index (Phi) is 3.50. The highest BCUT2D eigenvalue weighted by molar-refractivity contribution is 6.28. The summed E-state index contributed by atoms with van der Waals surface area (Å²) in [7, 11) is 1.80. The van der Waals surface area contributed by atoms with Crippen molar-refractivity contribution in [3.63, 3.8) is 0 Å². The van der Waals surface area contributed by atoms with Gasteiger partial charge in [0.15, 0.2) is 11.6 Å². The molecule has 84 valence electrons. The van der Waals surface area contributed by atoms with E-state index in [1.807, 2.05) is 20.8 Å². The fourth-order valence-electron chi connectivity index (χ4n) is 1.10. The van der Waals surface area contributed by atoms with Crippen molar-refractivity contribution < 1.29 is 4.39 Å². The number of aromatic nitrogens is 2. The summed E-state index contributed by atoms with van der Waals surface area (Å²) in [6.45, 7) is 6.07. The lowest BCUT2D eigenvalue weighted by Crippen LogP contribution is -2.41. The van der Waals surface area contributed by atoms with Crippen LogP contribution in [0.15, 0.2) is 6.20 Å². The molecular formula is C10H15ClFN3. The van der Waals surface area contributed by atoms with Crippen LogP contribution >= 0.6 is 11.6 Å². The normalized spacial score (nSPS) is 11.6. The molecule has 15 heavy (non-hydrogen) atoms. The highest BCUT2D eigenvalue weighted by Gasteiger charge is 2.25. The third-order valence-corrected chi connectivity index (χ3v) is 2.97. The zero-order valence-corrected chi connectivity index (χ0v) is 10.1. The van der Waals surface area contributed by atoms with E-state index < -0.39 is 5.82 Å². The first kappa shape index (κ1) is 12.2. The van der Waals surface area contributed by atoms with Crippen molar-refractivity contribution in [2.24, 2.45) is 0 Å². The standard InChI is InChI=1S/C10H15ClFN3/c1-5-10(2,3)15(4)8-7(12)6-13-9(11)14-8/h6H,5H2,1-4H3. The zero-order chi connectivity index (χ0) is 11.6. The fourth-order valence-corrected chi connectivity index (χ4v) is 1.23. The summed E-state index contributed by atoms with van der Waals surface area (Å²) in [4.78, 5) is 9.25. The Morgan fingerprint density at radius 1 is 1.53 bits per heavy atom. The van der Waals surface area contributed by atoms with Gasteiger partial charge >= 0.3 is 0 Å². The Hall–Kier alpha value is -0.900. The number of hydrogen-bond acceptors (Lipinski definition) is 3. The molecule has 0 saturated carbocycles. The molecule has 1 aromatic rings. The van der Waals surface area contributed by atoms with Crippen LogP contribution in [0.3, 0.4) is 0 Å². The maximum atomic E-state index is 13.5. The molecule has 1 rings (SSSR count). The van der Waals surface area contributed by atoms with E-state index in [2.05, 4.69) is 9.97 Å². The third-order valence-electron chi connectivity index (χ3n) is 2.79. The van der Waals surface area contributed by atoms with Crippen LogP contribution in [-0.4, -0.2) is 22.6 Å². The van der Waals surface area contributed by atoms with E-state index >= 15 is 0 Å². The fraction of sp³-hybridized carbons (Fsp3) is 0.600. The van der Waals surface area contributed by atoms with E-state index in [0.29, 0.717) is 0 Å². The molecule has 0 spiro atoms. The lowest BCUT2D eigenvalue weighted by atomic mass is 10.00. The van der Waals surface area contributed by atoms with Gasteiger partial charge in [-0.2, -0.15) is 4.98 Å². The monoisotopic (exact) mass is 231 g/mol. The van der Waals surface area contributed by atoms with Gasteiger partial charge in [0, 0.05) is 12.6 Å². The molecule has 0 radical (unpaired) electrons. The minimum atomic E-state index is -0.455. The predicted molar refractivity (Wildman–Crippen MR) is 59.8 cm³/mol. The Bertz CT molecular complexity index is 355. The first-order valence-corrected chi connectivity index (χ1v) is 5.18. The maximum absolute atomic E-state index is 13.5. The van der Waals surface area contributed by atoms with Crippen molar-refractivity contribution >= 4 is 17.4 Å². The van der Waals surface area contributed by atoms with Crippen molar-refractivity contribution in [3.05, 3.63) is 17.3 Å². The van der Waals surface area contributed by atoms with Gasteiger partial charge in [-0.3, -0.25) is 0 Å². The quantitative estimate of drug-likeness (QED) is 0.749.